The van der Waals surface area contributed by atoms with Crippen LogP contribution in [0.25, 0.3) is 0 Å². The minimum atomic E-state index is 0.520. The lowest BCUT2D eigenvalue weighted by atomic mass is 9.78. The Labute approximate surface area is 129 Å². The van der Waals surface area contributed by atoms with Crippen molar-refractivity contribution in [3.8, 4) is 0 Å². The number of rotatable bonds is 2. The fourth-order valence-corrected chi connectivity index (χ4v) is 4.27. The van der Waals surface area contributed by atoms with E-state index in [-0.39, 0.29) is 0 Å². The van der Waals surface area contributed by atoms with Crippen molar-refractivity contribution < 1.29 is 0 Å². The minimum absolute atomic E-state index is 0.520. The summed E-state index contributed by atoms with van der Waals surface area (Å²) in [7, 11) is 2.10. The van der Waals surface area contributed by atoms with Crippen molar-refractivity contribution in [1.82, 2.24) is 5.32 Å². The standard InChI is InChI=1S/C19H30N2/c1-14-10-11-16(13-15(14)2)21-12-6-8-18(20-3)17-7-4-5-9-19(17)21/h4-5,7,9,14-16,18,20H,6,8,10-13H2,1-3H3. The van der Waals surface area contributed by atoms with Crippen LogP contribution in [-0.2, 0) is 0 Å². The van der Waals surface area contributed by atoms with Gasteiger partial charge >= 0.3 is 0 Å². The molecule has 0 radical (unpaired) electrons. The molecule has 116 valence electrons. The van der Waals surface area contributed by atoms with E-state index in [0.29, 0.717) is 6.04 Å². The van der Waals surface area contributed by atoms with E-state index >= 15 is 0 Å². The normalized spacial score (nSPS) is 33.4. The Kier molecular flexibility index (Phi) is 4.54. The van der Waals surface area contributed by atoms with Crippen LogP contribution in [0.3, 0.4) is 0 Å². The van der Waals surface area contributed by atoms with Crippen LogP contribution in [0.15, 0.2) is 24.3 Å². The zero-order valence-corrected chi connectivity index (χ0v) is 13.8. The summed E-state index contributed by atoms with van der Waals surface area (Å²) in [5.41, 5.74) is 2.99. The van der Waals surface area contributed by atoms with Crippen LogP contribution in [-0.4, -0.2) is 19.6 Å². The van der Waals surface area contributed by atoms with Gasteiger partial charge in [-0.1, -0.05) is 32.0 Å². The highest BCUT2D eigenvalue weighted by atomic mass is 15.2. The second kappa shape index (κ2) is 6.39. The van der Waals surface area contributed by atoms with Crippen molar-refractivity contribution in [3.05, 3.63) is 29.8 Å². The van der Waals surface area contributed by atoms with Crippen molar-refractivity contribution in [2.75, 3.05) is 18.5 Å². The lowest BCUT2D eigenvalue weighted by Crippen LogP contribution is -2.41. The van der Waals surface area contributed by atoms with Crippen molar-refractivity contribution in [2.24, 2.45) is 11.8 Å². The molecule has 4 atom stereocenters. The van der Waals surface area contributed by atoms with Gasteiger partial charge in [0, 0.05) is 24.3 Å². The van der Waals surface area contributed by atoms with Crippen LogP contribution in [0.1, 0.15) is 57.6 Å². The van der Waals surface area contributed by atoms with Crippen LogP contribution < -0.4 is 10.2 Å². The Bertz CT molecular complexity index is 470. The van der Waals surface area contributed by atoms with Crippen LogP contribution in [0.2, 0.25) is 0 Å². The first kappa shape index (κ1) is 14.9. The highest BCUT2D eigenvalue weighted by molar-refractivity contribution is 5.56. The predicted molar refractivity (Wildman–Crippen MR) is 90.8 cm³/mol. The molecule has 0 saturated heterocycles. The van der Waals surface area contributed by atoms with Gasteiger partial charge in [-0.3, -0.25) is 0 Å². The molecule has 0 spiro atoms. The van der Waals surface area contributed by atoms with Crippen LogP contribution in [0.5, 0.6) is 0 Å². The van der Waals surface area contributed by atoms with Gasteiger partial charge < -0.3 is 10.2 Å². The average Bonchev–Trinajstić information content (AvgIpc) is 2.69. The highest BCUT2D eigenvalue weighted by Gasteiger charge is 2.31. The molecule has 0 bridgehead atoms. The quantitative estimate of drug-likeness (QED) is 0.868. The Balaban J connectivity index is 1.88. The average molecular weight is 286 g/mol. The predicted octanol–water partition coefficient (Wildman–Crippen LogP) is 4.37. The SMILES string of the molecule is CNC1CCCN(C2CCC(C)C(C)C2)c2ccccc21. The molecule has 2 aliphatic rings. The Morgan fingerprint density at radius 3 is 2.62 bits per heavy atom. The fraction of sp³-hybridized carbons (Fsp3) is 0.684. The molecular formula is C19H30N2. The molecule has 0 aromatic heterocycles. The first-order valence-corrected chi connectivity index (χ1v) is 8.73. The molecule has 21 heavy (non-hydrogen) atoms. The van der Waals surface area contributed by atoms with Crippen LogP contribution in [0.4, 0.5) is 5.69 Å². The molecule has 2 heteroatoms. The van der Waals surface area contributed by atoms with E-state index < -0.39 is 0 Å². The monoisotopic (exact) mass is 286 g/mol. The number of fused-ring (bicyclic) bond motifs is 1. The summed E-state index contributed by atoms with van der Waals surface area (Å²) in [6.07, 6.45) is 6.66. The number of hydrogen-bond donors (Lipinski definition) is 1. The van der Waals surface area contributed by atoms with Gasteiger partial charge in [0.05, 0.1) is 0 Å². The number of hydrogen-bond acceptors (Lipinski definition) is 2. The zero-order valence-electron chi connectivity index (χ0n) is 13.8. The molecule has 1 aliphatic heterocycles. The van der Waals surface area contributed by atoms with Gasteiger partial charge in [0.1, 0.15) is 0 Å². The molecule has 0 amide bonds. The highest BCUT2D eigenvalue weighted by Crippen LogP contribution is 2.39. The molecule has 1 fully saturated rings. The van der Waals surface area contributed by atoms with Gasteiger partial charge in [0.2, 0.25) is 0 Å². The first-order valence-electron chi connectivity index (χ1n) is 8.73. The maximum Gasteiger partial charge on any atom is 0.0417 e. The van der Waals surface area contributed by atoms with Crippen molar-refractivity contribution in [2.45, 2.75) is 58.0 Å². The molecule has 1 aromatic rings. The summed E-state index contributed by atoms with van der Waals surface area (Å²) in [6.45, 7) is 6.09. The lowest BCUT2D eigenvalue weighted by molar-refractivity contribution is 0.243. The number of nitrogens with zero attached hydrogens (tertiary/aromatic N) is 1. The number of nitrogens with one attached hydrogen (secondary N) is 1. The lowest BCUT2D eigenvalue weighted by Gasteiger charge is -2.41. The maximum absolute atomic E-state index is 3.51. The number of benzene rings is 1. The molecule has 1 saturated carbocycles. The van der Waals surface area contributed by atoms with E-state index in [1.807, 2.05) is 0 Å². The Hall–Kier alpha value is -1.02. The summed E-state index contributed by atoms with van der Waals surface area (Å²) in [5.74, 6) is 1.76. The minimum Gasteiger partial charge on any atom is -0.368 e. The van der Waals surface area contributed by atoms with Crippen LogP contribution >= 0.6 is 0 Å². The Morgan fingerprint density at radius 2 is 1.86 bits per heavy atom. The summed E-state index contributed by atoms with van der Waals surface area (Å²) < 4.78 is 0. The molecule has 1 aromatic carbocycles. The van der Waals surface area contributed by atoms with Gasteiger partial charge in [0.15, 0.2) is 0 Å². The summed E-state index contributed by atoms with van der Waals surface area (Å²) in [6, 6.07) is 10.3. The maximum atomic E-state index is 3.51. The van der Waals surface area contributed by atoms with E-state index in [4.69, 9.17) is 0 Å². The third kappa shape index (κ3) is 2.96. The fourth-order valence-electron chi connectivity index (χ4n) is 4.27. The van der Waals surface area contributed by atoms with Crippen molar-refractivity contribution in [3.63, 3.8) is 0 Å². The molecule has 3 rings (SSSR count). The van der Waals surface area contributed by atoms with Gasteiger partial charge in [-0.25, -0.2) is 0 Å². The molecule has 1 N–H and O–H groups in total. The second-order valence-corrected chi connectivity index (χ2v) is 7.16. The van der Waals surface area contributed by atoms with E-state index in [2.05, 4.69) is 55.4 Å². The van der Waals surface area contributed by atoms with Gasteiger partial charge in [-0.05, 0) is 62.6 Å². The van der Waals surface area contributed by atoms with E-state index in [9.17, 15) is 0 Å². The molecular weight excluding hydrogens is 256 g/mol. The van der Waals surface area contributed by atoms with Gasteiger partial charge in [-0.15, -0.1) is 0 Å². The summed E-state index contributed by atoms with van der Waals surface area (Å²) in [4.78, 5) is 2.73. The van der Waals surface area contributed by atoms with Crippen molar-refractivity contribution in [1.29, 1.82) is 0 Å². The summed E-state index contributed by atoms with van der Waals surface area (Å²) >= 11 is 0. The molecule has 1 aliphatic carbocycles. The van der Waals surface area contributed by atoms with E-state index in [0.717, 1.165) is 17.9 Å². The summed E-state index contributed by atoms with van der Waals surface area (Å²) in [5, 5.41) is 3.51. The smallest absolute Gasteiger partial charge is 0.0417 e. The van der Waals surface area contributed by atoms with Crippen molar-refractivity contribution >= 4 is 5.69 Å². The molecule has 2 nitrogen and oxygen atoms in total. The Morgan fingerprint density at radius 1 is 1.05 bits per heavy atom. The zero-order chi connectivity index (χ0) is 14.8. The van der Waals surface area contributed by atoms with E-state index in [1.54, 1.807) is 0 Å². The van der Waals surface area contributed by atoms with Gasteiger partial charge in [-0.2, -0.15) is 0 Å². The number of para-hydroxylation sites is 1. The molecule has 4 unspecified atom stereocenters. The van der Waals surface area contributed by atoms with Crippen LogP contribution in [0, 0.1) is 11.8 Å². The topological polar surface area (TPSA) is 15.3 Å². The third-order valence-corrected chi connectivity index (χ3v) is 5.87. The third-order valence-electron chi connectivity index (χ3n) is 5.87. The first-order chi connectivity index (χ1) is 10.2. The second-order valence-electron chi connectivity index (χ2n) is 7.16. The van der Waals surface area contributed by atoms with E-state index in [1.165, 1.54) is 49.9 Å². The molecule has 1 heterocycles. The number of anilines is 1. The van der Waals surface area contributed by atoms with Gasteiger partial charge in [0.25, 0.3) is 0 Å². The largest absolute Gasteiger partial charge is 0.368 e.